The second-order valence-corrected chi connectivity index (χ2v) is 5.20. The Labute approximate surface area is 123 Å². The summed E-state index contributed by atoms with van der Waals surface area (Å²) < 4.78 is 5.16. The number of rotatable bonds is 4. The van der Waals surface area contributed by atoms with E-state index in [2.05, 4.69) is 27.0 Å². The van der Waals surface area contributed by atoms with E-state index in [0.29, 0.717) is 5.82 Å². The Morgan fingerprint density at radius 1 is 1.14 bits per heavy atom. The molecule has 0 saturated carbocycles. The van der Waals surface area contributed by atoms with Crippen molar-refractivity contribution in [3.05, 3.63) is 41.1 Å². The van der Waals surface area contributed by atoms with Gasteiger partial charge in [-0.25, -0.2) is 4.98 Å². The number of hydrogen-bond donors (Lipinski definition) is 2. The molecule has 0 aliphatic carbocycles. The number of methoxy groups -OCH3 is 1. The summed E-state index contributed by atoms with van der Waals surface area (Å²) in [5.41, 5.74) is 14.8. The molecule has 1 aliphatic rings. The van der Waals surface area contributed by atoms with E-state index >= 15 is 0 Å². The Kier molecular flexibility index (Phi) is 3.62. The van der Waals surface area contributed by atoms with E-state index in [4.69, 9.17) is 16.2 Å². The quantitative estimate of drug-likeness (QED) is 0.877. The van der Waals surface area contributed by atoms with Crippen molar-refractivity contribution < 1.29 is 4.74 Å². The third-order valence-electron chi connectivity index (χ3n) is 3.77. The lowest BCUT2D eigenvalue weighted by molar-refractivity contribution is 0.286. The minimum Gasteiger partial charge on any atom is -0.497 e. The van der Waals surface area contributed by atoms with Crippen LogP contribution in [0.25, 0.3) is 0 Å². The van der Waals surface area contributed by atoms with Gasteiger partial charge in [-0.05, 0) is 24.1 Å². The van der Waals surface area contributed by atoms with Crippen LogP contribution in [-0.4, -0.2) is 28.5 Å². The summed E-state index contributed by atoms with van der Waals surface area (Å²) in [4.78, 5) is 10.6. The number of anilines is 2. The molecule has 2 aromatic rings. The summed E-state index contributed by atoms with van der Waals surface area (Å²) in [6.45, 7) is 2.52. The van der Waals surface area contributed by atoms with Gasteiger partial charge in [-0.15, -0.1) is 0 Å². The molecule has 0 bridgehead atoms. The first-order valence-electron chi connectivity index (χ1n) is 6.91. The molecule has 0 saturated heterocycles. The van der Waals surface area contributed by atoms with E-state index in [9.17, 15) is 0 Å². The fraction of sp³-hybridized carbons (Fsp3) is 0.333. The molecule has 0 spiro atoms. The van der Waals surface area contributed by atoms with E-state index in [-0.39, 0.29) is 5.95 Å². The Morgan fingerprint density at radius 3 is 2.62 bits per heavy atom. The Hall–Kier alpha value is -2.34. The van der Waals surface area contributed by atoms with Gasteiger partial charge in [-0.1, -0.05) is 12.1 Å². The molecule has 6 nitrogen and oxygen atoms in total. The molecule has 1 aromatic carbocycles. The minimum absolute atomic E-state index is 0.253. The van der Waals surface area contributed by atoms with Crippen molar-refractivity contribution in [2.45, 2.75) is 19.5 Å². The maximum Gasteiger partial charge on any atom is 0.222 e. The molecule has 2 heterocycles. The highest BCUT2D eigenvalue weighted by Crippen LogP contribution is 2.25. The lowest BCUT2D eigenvalue weighted by Crippen LogP contribution is -2.19. The van der Waals surface area contributed by atoms with Crippen LogP contribution in [0.2, 0.25) is 0 Å². The highest BCUT2D eigenvalue weighted by molar-refractivity contribution is 5.47. The average Bonchev–Trinajstić information content (AvgIpc) is 2.89. The number of nitrogen functional groups attached to an aromatic ring is 2. The summed E-state index contributed by atoms with van der Waals surface area (Å²) in [6, 6.07) is 8.15. The smallest absolute Gasteiger partial charge is 0.222 e. The monoisotopic (exact) mass is 285 g/mol. The maximum atomic E-state index is 5.90. The van der Waals surface area contributed by atoms with Gasteiger partial charge in [-0.3, -0.25) is 4.90 Å². The maximum absolute atomic E-state index is 5.90. The Morgan fingerprint density at radius 2 is 1.90 bits per heavy atom. The number of nitrogens with two attached hydrogens (primary N) is 2. The van der Waals surface area contributed by atoms with Crippen molar-refractivity contribution in [2.24, 2.45) is 0 Å². The lowest BCUT2D eigenvalue weighted by Gasteiger charge is -2.14. The first kappa shape index (κ1) is 13.6. The summed E-state index contributed by atoms with van der Waals surface area (Å²) in [5.74, 6) is 1.64. The van der Waals surface area contributed by atoms with E-state index in [0.717, 1.165) is 43.1 Å². The van der Waals surface area contributed by atoms with Crippen LogP contribution in [0.3, 0.4) is 0 Å². The lowest BCUT2D eigenvalue weighted by atomic mass is 10.1. The van der Waals surface area contributed by atoms with Crippen LogP contribution in [-0.2, 0) is 19.5 Å². The van der Waals surface area contributed by atoms with Gasteiger partial charge in [0.25, 0.3) is 0 Å². The normalized spacial score (nSPS) is 14.1. The average molecular weight is 285 g/mol. The van der Waals surface area contributed by atoms with Gasteiger partial charge in [0.05, 0.1) is 12.8 Å². The van der Waals surface area contributed by atoms with Crippen LogP contribution >= 0.6 is 0 Å². The molecule has 3 rings (SSSR count). The van der Waals surface area contributed by atoms with Crippen LogP contribution in [0, 0.1) is 0 Å². The van der Waals surface area contributed by atoms with Gasteiger partial charge >= 0.3 is 0 Å². The van der Waals surface area contributed by atoms with Crippen LogP contribution in [0.15, 0.2) is 24.3 Å². The molecule has 0 radical (unpaired) electrons. The van der Waals surface area contributed by atoms with Crippen molar-refractivity contribution in [1.29, 1.82) is 0 Å². The zero-order chi connectivity index (χ0) is 14.8. The van der Waals surface area contributed by atoms with Gasteiger partial charge in [0.15, 0.2) is 0 Å². The molecule has 6 heteroatoms. The summed E-state index contributed by atoms with van der Waals surface area (Å²) >= 11 is 0. The largest absolute Gasteiger partial charge is 0.497 e. The van der Waals surface area contributed by atoms with E-state index in [1.54, 1.807) is 7.11 Å². The van der Waals surface area contributed by atoms with Crippen molar-refractivity contribution >= 4 is 11.8 Å². The third kappa shape index (κ3) is 2.90. The standard InChI is InChI=1S/C15H19N5O/c1-21-11-4-2-10(3-5-11)6-7-20-8-12-13(9-20)18-15(17)19-14(12)16/h2-5H,6-9H2,1H3,(H4,16,17,18,19). The number of benzene rings is 1. The summed E-state index contributed by atoms with van der Waals surface area (Å²) in [7, 11) is 1.67. The number of ether oxygens (including phenoxy) is 1. The van der Waals surface area contributed by atoms with Crippen LogP contribution in [0.4, 0.5) is 11.8 Å². The van der Waals surface area contributed by atoms with Gasteiger partial charge in [0.2, 0.25) is 5.95 Å². The molecule has 0 unspecified atom stereocenters. The predicted molar refractivity (Wildman–Crippen MR) is 81.7 cm³/mol. The fourth-order valence-electron chi connectivity index (χ4n) is 2.60. The second kappa shape index (κ2) is 5.57. The van der Waals surface area contributed by atoms with Crippen molar-refractivity contribution in [3.63, 3.8) is 0 Å². The second-order valence-electron chi connectivity index (χ2n) is 5.20. The summed E-state index contributed by atoms with van der Waals surface area (Å²) in [6.07, 6.45) is 0.973. The zero-order valence-corrected chi connectivity index (χ0v) is 12.0. The van der Waals surface area contributed by atoms with Gasteiger partial charge in [0, 0.05) is 25.2 Å². The molecule has 1 aliphatic heterocycles. The molecular weight excluding hydrogens is 266 g/mol. The zero-order valence-electron chi connectivity index (χ0n) is 12.0. The summed E-state index contributed by atoms with van der Waals surface area (Å²) in [5, 5.41) is 0. The van der Waals surface area contributed by atoms with E-state index in [1.807, 2.05) is 12.1 Å². The van der Waals surface area contributed by atoms with Crippen LogP contribution in [0.1, 0.15) is 16.8 Å². The number of hydrogen-bond acceptors (Lipinski definition) is 6. The van der Waals surface area contributed by atoms with Crippen LogP contribution in [0.5, 0.6) is 5.75 Å². The minimum atomic E-state index is 0.253. The first-order valence-corrected chi connectivity index (χ1v) is 6.91. The number of nitrogens with zero attached hydrogens (tertiary/aromatic N) is 3. The van der Waals surface area contributed by atoms with Crippen molar-refractivity contribution in [1.82, 2.24) is 14.9 Å². The molecule has 0 fully saturated rings. The topological polar surface area (TPSA) is 90.3 Å². The first-order chi connectivity index (χ1) is 10.2. The highest BCUT2D eigenvalue weighted by Gasteiger charge is 2.23. The molecular formula is C15H19N5O. The molecule has 1 aromatic heterocycles. The molecule has 0 amide bonds. The number of fused-ring (bicyclic) bond motifs is 1. The fourth-order valence-corrected chi connectivity index (χ4v) is 2.60. The Bertz CT molecular complexity index is 641. The molecule has 110 valence electrons. The predicted octanol–water partition coefficient (Wildman–Crippen LogP) is 1.21. The van der Waals surface area contributed by atoms with Gasteiger partial charge < -0.3 is 16.2 Å². The molecule has 21 heavy (non-hydrogen) atoms. The molecule has 4 N–H and O–H groups in total. The SMILES string of the molecule is COc1ccc(CCN2Cc3nc(N)nc(N)c3C2)cc1. The highest BCUT2D eigenvalue weighted by atomic mass is 16.5. The van der Waals surface area contributed by atoms with Gasteiger partial charge in [0.1, 0.15) is 11.6 Å². The third-order valence-corrected chi connectivity index (χ3v) is 3.77. The van der Waals surface area contributed by atoms with Crippen molar-refractivity contribution in [2.75, 3.05) is 25.1 Å². The van der Waals surface area contributed by atoms with Gasteiger partial charge in [-0.2, -0.15) is 4.98 Å². The molecule has 0 atom stereocenters. The van der Waals surface area contributed by atoms with Crippen molar-refractivity contribution in [3.8, 4) is 5.75 Å². The van der Waals surface area contributed by atoms with E-state index < -0.39 is 0 Å². The van der Waals surface area contributed by atoms with Crippen LogP contribution < -0.4 is 16.2 Å². The Balaban J connectivity index is 1.61. The number of aromatic nitrogens is 2. The van der Waals surface area contributed by atoms with E-state index in [1.165, 1.54) is 5.56 Å².